The van der Waals surface area contributed by atoms with Crippen LogP contribution in [0.25, 0.3) is 12.2 Å². The van der Waals surface area contributed by atoms with Crippen molar-refractivity contribution in [1.29, 1.82) is 0 Å². The minimum absolute atomic E-state index is 0. The lowest BCUT2D eigenvalue weighted by molar-refractivity contribution is -0.688. The van der Waals surface area contributed by atoms with E-state index in [9.17, 15) is 0 Å². The van der Waals surface area contributed by atoms with Crippen molar-refractivity contribution in [3.05, 3.63) is 144 Å². The molecule has 4 aromatic rings. The number of hydrogen-bond donors (Lipinski definition) is 0. The van der Waals surface area contributed by atoms with Crippen LogP contribution < -0.4 is 35.9 Å². The first kappa shape index (κ1) is 29.6. The number of benzene rings is 2. The van der Waals surface area contributed by atoms with Crippen LogP contribution in [0.2, 0.25) is 0 Å². The van der Waals surface area contributed by atoms with Gasteiger partial charge in [-0.25, -0.2) is 9.13 Å². The lowest BCUT2D eigenvalue weighted by Crippen LogP contribution is -3.00. The Balaban J connectivity index is 0.00000420. The minimum Gasteiger partial charge on any atom is -1.00 e. The summed E-state index contributed by atoms with van der Waals surface area (Å²) in [5.41, 5.74) is 7.39. The SMILES string of the molecule is CN(C)c1ccc(C[n+]2ccc(/C=C/C=C/C=C/c3cc[n+](Cc4ccc(N(C)C)cc4)cc3)cc2)cc1.[Br-]. The Kier molecular flexibility index (Phi) is 11.3. The molecule has 0 radical (unpaired) electrons. The van der Waals surface area contributed by atoms with E-state index in [-0.39, 0.29) is 17.0 Å². The van der Waals surface area contributed by atoms with Gasteiger partial charge in [-0.3, -0.25) is 0 Å². The number of rotatable bonds is 10. The van der Waals surface area contributed by atoms with E-state index in [4.69, 9.17) is 0 Å². The van der Waals surface area contributed by atoms with E-state index in [1.54, 1.807) is 0 Å². The van der Waals surface area contributed by atoms with Crippen molar-refractivity contribution >= 4 is 23.5 Å². The molecule has 5 heteroatoms. The van der Waals surface area contributed by atoms with Gasteiger partial charge >= 0.3 is 0 Å². The zero-order valence-electron chi connectivity index (χ0n) is 23.3. The second-order valence-corrected chi connectivity index (χ2v) is 9.83. The average molecular weight is 583 g/mol. The normalized spacial score (nSPS) is 11.3. The molecular formula is C34H38BrN4+. The van der Waals surface area contributed by atoms with Gasteiger partial charge in [0.05, 0.1) is 0 Å². The second-order valence-electron chi connectivity index (χ2n) is 9.83. The maximum absolute atomic E-state index is 2.20. The van der Waals surface area contributed by atoms with E-state index in [1.165, 1.54) is 33.6 Å². The molecule has 2 aromatic heterocycles. The van der Waals surface area contributed by atoms with Gasteiger partial charge < -0.3 is 26.8 Å². The Labute approximate surface area is 244 Å². The largest absolute Gasteiger partial charge is 1.00 e. The molecule has 0 N–H and O–H groups in total. The number of anilines is 2. The summed E-state index contributed by atoms with van der Waals surface area (Å²) in [6.07, 6.45) is 21.0. The molecule has 0 aliphatic carbocycles. The smallest absolute Gasteiger partial charge is 0.173 e. The number of aromatic nitrogens is 2. The van der Waals surface area contributed by atoms with Crippen LogP contribution in [-0.4, -0.2) is 28.2 Å². The summed E-state index contributed by atoms with van der Waals surface area (Å²) in [7, 11) is 8.25. The highest BCUT2D eigenvalue weighted by Crippen LogP contribution is 2.13. The van der Waals surface area contributed by atoms with Crippen LogP contribution in [0.15, 0.2) is 122 Å². The van der Waals surface area contributed by atoms with E-state index in [0.717, 1.165) is 13.1 Å². The first-order chi connectivity index (χ1) is 18.5. The molecule has 0 fully saturated rings. The predicted molar refractivity (Wildman–Crippen MR) is 160 cm³/mol. The Morgan fingerprint density at radius 2 is 0.821 bits per heavy atom. The van der Waals surface area contributed by atoms with Crippen molar-refractivity contribution in [2.24, 2.45) is 0 Å². The number of halogens is 1. The third-order valence-corrected chi connectivity index (χ3v) is 6.38. The molecule has 0 spiro atoms. The summed E-state index contributed by atoms with van der Waals surface area (Å²) in [4.78, 5) is 4.23. The molecule has 0 aliphatic heterocycles. The van der Waals surface area contributed by atoms with E-state index < -0.39 is 0 Å². The fourth-order valence-electron chi connectivity index (χ4n) is 4.05. The van der Waals surface area contributed by atoms with Crippen LogP contribution in [0.4, 0.5) is 11.4 Å². The molecule has 0 atom stereocenters. The van der Waals surface area contributed by atoms with Crippen molar-refractivity contribution in [3.63, 3.8) is 0 Å². The number of allylic oxidation sites excluding steroid dienone is 4. The van der Waals surface area contributed by atoms with Gasteiger partial charge in [-0.1, -0.05) is 60.7 Å². The van der Waals surface area contributed by atoms with Crippen LogP contribution >= 0.6 is 0 Å². The zero-order chi connectivity index (χ0) is 26.7. The van der Waals surface area contributed by atoms with Crippen molar-refractivity contribution < 1.29 is 26.1 Å². The maximum atomic E-state index is 2.20. The first-order valence-corrected chi connectivity index (χ1v) is 13.0. The maximum Gasteiger partial charge on any atom is 0.173 e. The van der Waals surface area contributed by atoms with Crippen molar-refractivity contribution in [2.75, 3.05) is 38.0 Å². The molecule has 0 saturated heterocycles. The van der Waals surface area contributed by atoms with Gasteiger partial charge in [0.1, 0.15) is 0 Å². The highest BCUT2D eigenvalue weighted by atomic mass is 79.9. The Morgan fingerprint density at radius 1 is 0.487 bits per heavy atom. The van der Waals surface area contributed by atoms with Crippen LogP contribution in [-0.2, 0) is 13.1 Å². The van der Waals surface area contributed by atoms with Crippen LogP contribution in [0, 0.1) is 0 Å². The first-order valence-electron chi connectivity index (χ1n) is 13.0. The molecule has 4 rings (SSSR count). The lowest BCUT2D eigenvalue weighted by atomic mass is 10.2. The summed E-state index contributed by atoms with van der Waals surface area (Å²) in [6.45, 7) is 1.73. The standard InChI is InChI=1S/C34H38N4.BrH/c1-35(2)33-15-11-31(12-16-33)27-37-23-19-29(20-24-37)9-7-5-6-8-10-30-21-25-38(26-22-30)28-32-13-17-34(18-14-32)36(3)4;/h5-26H,27-28H2,1-4H3;1H/q+2;/p-1/b6-5+,9-7+,10-8+;. The third kappa shape index (κ3) is 9.38. The average Bonchev–Trinajstić information content (AvgIpc) is 2.93. The van der Waals surface area contributed by atoms with Gasteiger partial charge in [-0.05, 0) is 35.4 Å². The fraction of sp³-hybridized carbons (Fsp3) is 0.176. The quantitative estimate of drug-likeness (QED) is 0.211. The molecule has 0 amide bonds. The third-order valence-electron chi connectivity index (χ3n) is 6.38. The summed E-state index contributed by atoms with van der Waals surface area (Å²) in [5.74, 6) is 0. The topological polar surface area (TPSA) is 14.2 Å². The van der Waals surface area contributed by atoms with Crippen LogP contribution in [0.3, 0.4) is 0 Å². The molecule has 4 nitrogen and oxygen atoms in total. The molecule has 39 heavy (non-hydrogen) atoms. The predicted octanol–water partition coefficient (Wildman–Crippen LogP) is 2.78. The van der Waals surface area contributed by atoms with Gasteiger partial charge in [-0.15, -0.1) is 0 Å². The van der Waals surface area contributed by atoms with Gasteiger partial charge in [0.2, 0.25) is 0 Å². The number of pyridine rings is 2. The Morgan fingerprint density at radius 3 is 1.13 bits per heavy atom. The van der Waals surface area contributed by atoms with Crippen molar-refractivity contribution in [2.45, 2.75) is 13.1 Å². The van der Waals surface area contributed by atoms with Gasteiger partial charge in [0.25, 0.3) is 0 Å². The van der Waals surface area contributed by atoms with E-state index in [1.807, 2.05) is 0 Å². The second kappa shape index (κ2) is 14.8. The summed E-state index contributed by atoms with van der Waals surface area (Å²) >= 11 is 0. The van der Waals surface area contributed by atoms with E-state index in [0.29, 0.717) is 0 Å². The molecule has 200 valence electrons. The summed E-state index contributed by atoms with van der Waals surface area (Å²) in [5, 5.41) is 0. The van der Waals surface area contributed by atoms with Gasteiger partial charge in [-0.2, -0.15) is 0 Å². The van der Waals surface area contributed by atoms with Crippen molar-refractivity contribution in [3.8, 4) is 0 Å². The van der Waals surface area contributed by atoms with Crippen molar-refractivity contribution in [1.82, 2.24) is 0 Å². The van der Waals surface area contributed by atoms with Gasteiger partial charge in [0, 0.05) is 75.0 Å². The highest BCUT2D eigenvalue weighted by molar-refractivity contribution is 5.52. The Bertz CT molecular complexity index is 1260. The minimum atomic E-state index is 0. The molecule has 2 heterocycles. The highest BCUT2D eigenvalue weighted by Gasteiger charge is 2.04. The van der Waals surface area contributed by atoms with Crippen LogP contribution in [0.1, 0.15) is 22.3 Å². The zero-order valence-corrected chi connectivity index (χ0v) is 24.9. The summed E-state index contributed by atoms with van der Waals surface area (Å²) in [6, 6.07) is 26.0. The molecule has 0 saturated carbocycles. The van der Waals surface area contributed by atoms with Crippen LogP contribution in [0.5, 0.6) is 0 Å². The molecule has 0 bridgehead atoms. The molecular weight excluding hydrogens is 544 g/mol. The lowest BCUT2D eigenvalue weighted by Gasteiger charge is -2.11. The Hall–Kier alpha value is -3.96. The summed E-state index contributed by atoms with van der Waals surface area (Å²) < 4.78 is 4.40. The molecule has 0 aliphatic rings. The number of hydrogen-bond acceptors (Lipinski definition) is 2. The molecule has 2 aromatic carbocycles. The van der Waals surface area contributed by atoms with Gasteiger partial charge in [0.15, 0.2) is 37.9 Å². The number of nitrogens with zero attached hydrogens (tertiary/aromatic N) is 4. The monoisotopic (exact) mass is 581 g/mol. The fourth-order valence-corrected chi connectivity index (χ4v) is 4.05. The van der Waals surface area contributed by atoms with E-state index >= 15 is 0 Å². The van der Waals surface area contributed by atoms with E-state index in [2.05, 4.69) is 181 Å². The molecule has 0 unspecified atom stereocenters.